The highest BCUT2D eigenvalue weighted by atomic mass is 15.1. The molecule has 1 heterocycles. The van der Waals surface area contributed by atoms with Gasteiger partial charge in [-0.15, -0.1) is 0 Å². The van der Waals surface area contributed by atoms with E-state index in [0.29, 0.717) is 0 Å². The van der Waals surface area contributed by atoms with Crippen molar-refractivity contribution in [3.63, 3.8) is 0 Å². The number of aromatic nitrogens is 2. The minimum absolute atomic E-state index is 0.864. The van der Waals surface area contributed by atoms with Crippen LogP contribution in [0.15, 0.2) is 6.33 Å². The van der Waals surface area contributed by atoms with Gasteiger partial charge in [-0.3, -0.25) is 0 Å². The molecule has 0 aliphatic rings. The van der Waals surface area contributed by atoms with Gasteiger partial charge in [0.15, 0.2) is 0 Å². The Balaban J connectivity index is 2.51. The minimum atomic E-state index is 0.864. The van der Waals surface area contributed by atoms with E-state index in [4.69, 9.17) is 5.73 Å². The second-order valence-electron chi connectivity index (χ2n) is 3.73. The lowest BCUT2D eigenvalue weighted by Gasteiger charge is -2.03. The van der Waals surface area contributed by atoms with Gasteiger partial charge in [-0.05, 0) is 19.3 Å². The molecular formula is C11H21N3. The molecule has 0 amide bonds. The maximum absolute atomic E-state index is 5.97. The third-order valence-electron chi connectivity index (χ3n) is 2.44. The number of aryl methyl sites for hydroxylation is 2. The number of unbranched alkanes of at least 4 members (excludes halogenated alkanes) is 2. The van der Waals surface area contributed by atoms with Crippen LogP contribution in [0.1, 0.15) is 45.2 Å². The Bertz CT molecular complexity index is 265. The summed E-state index contributed by atoms with van der Waals surface area (Å²) in [7, 11) is 0. The van der Waals surface area contributed by atoms with Gasteiger partial charge in [0.25, 0.3) is 0 Å². The number of anilines is 1. The summed E-state index contributed by atoms with van der Waals surface area (Å²) >= 11 is 0. The standard InChI is InChI=1S/C11H21N3/c1-3-5-6-7-10-11(12)14(8-4-2)9-13-10/h9H,3-8,12H2,1-2H3. The molecule has 0 saturated carbocycles. The summed E-state index contributed by atoms with van der Waals surface area (Å²) in [5, 5.41) is 0. The molecule has 1 rings (SSSR count). The summed E-state index contributed by atoms with van der Waals surface area (Å²) < 4.78 is 2.04. The van der Waals surface area contributed by atoms with Gasteiger partial charge in [-0.1, -0.05) is 26.7 Å². The Morgan fingerprint density at radius 2 is 2.07 bits per heavy atom. The van der Waals surface area contributed by atoms with Crippen molar-refractivity contribution < 1.29 is 0 Å². The summed E-state index contributed by atoms with van der Waals surface area (Å²) in [4.78, 5) is 4.34. The summed E-state index contributed by atoms with van der Waals surface area (Å²) in [6, 6.07) is 0. The van der Waals surface area contributed by atoms with Gasteiger partial charge in [0.2, 0.25) is 0 Å². The van der Waals surface area contributed by atoms with Crippen molar-refractivity contribution in [2.45, 2.75) is 52.5 Å². The van der Waals surface area contributed by atoms with Gasteiger partial charge in [0, 0.05) is 6.54 Å². The van der Waals surface area contributed by atoms with Crippen molar-refractivity contribution in [1.29, 1.82) is 0 Å². The highest BCUT2D eigenvalue weighted by Gasteiger charge is 2.05. The van der Waals surface area contributed by atoms with Crippen molar-refractivity contribution in [3.05, 3.63) is 12.0 Å². The van der Waals surface area contributed by atoms with E-state index in [1.165, 1.54) is 19.3 Å². The molecule has 0 fully saturated rings. The number of imidazole rings is 1. The number of rotatable bonds is 6. The highest BCUT2D eigenvalue weighted by molar-refractivity contribution is 5.35. The van der Waals surface area contributed by atoms with Crippen LogP contribution in [0, 0.1) is 0 Å². The monoisotopic (exact) mass is 195 g/mol. The van der Waals surface area contributed by atoms with Gasteiger partial charge < -0.3 is 10.3 Å². The van der Waals surface area contributed by atoms with Crippen LogP contribution in [0.4, 0.5) is 5.82 Å². The van der Waals surface area contributed by atoms with E-state index in [2.05, 4.69) is 18.8 Å². The Morgan fingerprint density at radius 3 is 2.71 bits per heavy atom. The Hall–Kier alpha value is -0.990. The summed E-state index contributed by atoms with van der Waals surface area (Å²) in [6.45, 7) is 5.34. The van der Waals surface area contributed by atoms with E-state index in [1.807, 2.05) is 10.9 Å². The molecule has 2 N–H and O–H groups in total. The van der Waals surface area contributed by atoms with Gasteiger partial charge in [0.1, 0.15) is 5.82 Å². The van der Waals surface area contributed by atoms with Crippen LogP contribution in [0.2, 0.25) is 0 Å². The predicted molar refractivity (Wildman–Crippen MR) is 60.2 cm³/mol. The first kappa shape index (κ1) is 11.1. The molecule has 0 aliphatic heterocycles. The molecule has 80 valence electrons. The van der Waals surface area contributed by atoms with E-state index >= 15 is 0 Å². The predicted octanol–water partition coefficient (Wildman–Crippen LogP) is 2.61. The first-order valence-corrected chi connectivity index (χ1v) is 5.59. The lowest BCUT2D eigenvalue weighted by Crippen LogP contribution is -2.02. The molecule has 0 spiro atoms. The quantitative estimate of drug-likeness (QED) is 0.709. The minimum Gasteiger partial charge on any atom is -0.384 e. The van der Waals surface area contributed by atoms with Crippen molar-refractivity contribution in [2.24, 2.45) is 0 Å². The number of nitrogens with two attached hydrogens (primary N) is 1. The number of nitrogens with zero attached hydrogens (tertiary/aromatic N) is 2. The zero-order valence-corrected chi connectivity index (χ0v) is 9.29. The van der Waals surface area contributed by atoms with Crippen molar-refractivity contribution in [2.75, 3.05) is 5.73 Å². The first-order valence-electron chi connectivity index (χ1n) is 5.59. The van der Waals surface area contributed by atoms with Crippen LogP contribution < -0.4 is 5.73 Å². The van der Waals surface area contributed by atoms with Crippen molar-refractivity contribution in [3.8, 4) is 0 Å². The summed E-state index contributed by atoms with van der Waals surface area (Å²) in [5.41, 5.74) is 7.05. The molecular weight excluding hydrogens is 174 g/mol. The molecule has 3 heteroatoms. The van der Waals surface area contributed by atoms with Gasteiger partial charge >= 0.3 is 0 Å². The maximum atomic E-state index is 5.97. The van der Waals surface area contributed by atoms with Crippen LogP contribution in [0.25, 0.3) is 0 Å². The topological polar surface area (TPSA) is 43.8 Å². The average molecular weight is 195 g/mol. The smallest absolute Gasteiger partial charge is 0.126 e. The lowest BCUT2D eigenvalue weighted by molar-refractivity contribution is 0.684. The van der Waals surface area contributed by atoms with Gasteiger partial charge in [0.05, 0.1) is 12.0 Å². The van der Waals surface area contributed by atoms with Crippen molar-refractivity contribution >= 4 is 5.82 Å². The average Bonchev–Trinajstić information content (AvgIpc) is 2.51. The SMILES string of the molecule is CCCCCc1ncn(CCC)c1N. The first-order chi connectivity index (χ1) is 6.79. The van der Waals surface area contributed by atoms with Crippen LogP contribution in [-0.2, 0) is 13.0 Å². The third-order valence-corrected chi connectivity index (χ3v) is 2.44. The molecule has 0 unspecified atom stereocenters. The zero-order chi connectivity index (χ0) is 10.4. The van der Waals surface area contributed by atoms with Crippen LogP contribution in [-0.4, -0.2) is 9.55 Å². The fraction of sp³-hybridized carbons (Fsp3) is 0.727. The molecule has 1 aromatic heterocycles. The number of hydrogen-bond acceptors (Lipinski definition) is 2. The summed E-state index contributed by atoms with van der Waals surface area (Å²) in [5.74, 6) is 0.864. The number of hydrogen-bond donors (Lipinski definition) is 1. The molecule has 14 heavy (non-hydrogen) atoms. The largest absolute Gasteiger partial charge is 0.384 e. The van der Waals surface area contributed by atoms with Gasteiger partial charge in [-0.25, -0.2) is 4.98 Å². The van der Waals surface area contributed by atoms with E-state index in [-0.39, 0.29) is 0 Å². The molecule has 0 aromatic carbocycles. The van der Waals surface area contributed by atoms with Crippen molar-refractivity contribution in [1.82, 2.24) is 9.55 Å². The Kier molecular flexibility index (Phi) is 4.50. The highest BCUT2D eigenvalue weighted by Crippen LogP contribution is 2.13. The van der Waals surface area contributed by atoms with E-state index in [9.17, 15) is 0 Å². The van der Waals surface area contributed by atoms with E-state index in [1.54, 1.807) is 0 Å². The van der Waals surface area contributed by atoms with Crippen LogP contribution in [0.5, 0.6) is 0 Å². The molecule has 3 nitrogen and oxygen atoms in total. The van der Waals surface area contributed by atoms with Crippen LogP contribution in [0.3, 0.4) is 0 Å². The second-order valence-corrected chi connectivity index (χ2v) is 3.73. The van der Waals surface area contributed by atoms with Gasteiger partial charge in [-0.2, -0.15) is 0 Å². The molecule has 0 saturated heterocycles. The molecule has 0 aliphatic carbocycles. The molecule has 0 bridgehead atoms. The number of nitrogen functional groups attached to an aromatic ring is 1. The zero-order valence-electron chi connectivity index (χ0n) is 9.29. The maximum Gasteiger partial charge on any atom is 0.126 e. The lowest BCUT2D eigenvalue weighted by atomic mass is 10.1. The van der Waals surface area contributed by atoms with E-state index < -0.39 is 0 Å². The fourth-order valence-electron chi connectivity index (χ4n) is 1.59. The second kappa shape index (κ2) is 5.68. The van der Waals surface area contributed by atoms with Crippen LogP contribution >= 0.6 is 0 Å². The third kappa shape index (κ3) is 2.76. The normalized spacial score (nSPS) is 10.7. The van der Waals surface area contributed by atoms with E-state index in [0.717, 1.165) is 30.9 Å². The summed E-state index contributed by atoms with van der Waals surface area (Å²) in [6.07, 6.45) is 7.70. The molecule has 1 aromatic rings. The Morgan fingerprint density at radius 1 is 1.29 bits per heavy atom. The fourth-order valence-corrected chi connectivity index (χ4v) is 1.59. The molecule has 0 atom stereocenters. The Labute approximate surface area is 86.3 Å². The molecule has 0 radical (unpaired) electrons.